The maximum absolute atomic E-state index is 13.5. The van der Waals surface area contributed by atoms with Gasteiger partial charge in [-0.25, -0.2) is 4.98 Å². The maximum atomic E-state index is 13.5. The van der Waals surface area contributed by atoms with Crippen LogP contribution in [-0.2, 0) is 12.7 Å². The highest BCUT2D eigenvalue weighted by atomic mass is 32.1. The number of benzene rings is 1. The number of piperidine rings is 1. The SMILES string of the molecule is C[C@@H]1C[C@@H](C)CN(c2cc(C(F)(F)F)nc(NC(=S)NCc3ccc(-c4ccccc4)o3)n2)C1. The first kappa shape index (κ1) is 24.0. The lowest BCUT2D eigenvalue weighted by Crippen LogP contribution is -2.39. The molecule has 6 nitrogen and oxygen atoms in total. The van der Waals surface area contributed by atoms with Crippen LogP contribution in [-0.4, -0.2) is 28.2 Å². The average Bonchev–Trinajstić information content (AvgIpc) is 3.26. The number of anilines is 2. The third-order valence-corrected chi connectivity index (χ3v) is 5.81. The second-order valence-corrected chi connectivity index (χ2v) is 9.13. The summed E-state index contributed by atoms with van der Waals surface area (Å²) in [6.45, 7) is 5.72. The minimum atomic E-state index is -4.60. The first-order valence-electron chi connectivity index (χ1n) is 11.1. The van der Waals surface area contributed by atoms with Gasteiger partial charge in [-0.05, 0) is 42.6 Å². The van der Waals surface area contributed by atoms with Crippen molar-refractivity contribution in [3.63, 3.8) is 0 Å². The predicted octanol–water partition coefficient (Wildman–Crippen LogP) is 5.72. The van der Waals surface area contributed by atoms with Gasteiger partial charge in [-0.1, -0.05) is 44.2 Å². The molecule has 0 saturated carbocycles. The quantitative estimate of drug-likeness (QED) is 0.444. The molecule has 0 amide bonds. The van der Waals surface area contributed by atoms with E-state index in [0.29, 0.717) is 36.4 Å². The van der Waals surface area contributed by atoms with Crippen molar-refractivity contribution in [2.75, 3.05) is 23.3 Å². The molecule has 3 heterocycles. The van der Waals surface area contributed by atoms with Crippen molar-refractivity contribution in [2.24, 2.45) is 11.8 Å². The summed E-state index contributed by atoms with van der Waals surface area (Å²) in [6, 6.07) is 14.3. The highest BCUT2D eigenvalue weighted by Gasteiger charge is 2.35. The molecule has 0 bridgehead atoms. The van der Waals surface area contributed by atoms with Crippen LogP contribution in [0.3, 0.4) is 0 Å². The van der Waals surface area contributed by atoms with Crippen molar-refractivity contribution in [2.45, 2.75) is 33.0 Å². The van der Waals surface area contributed by atoms with Crippen molar-refractivity contribution in [1.82, 2.24) is 15.3 Å². The van der Waals surface area contributed by atoms with Crippen LogP contribution in [0.1, 0.15) is 31.7 Å². The normalized spacial score (nSPS) is 18.6. The molecule has 1 aliphatic rings. The molecule has 1 aliphatic heterocycles. The van der Waals surface area contributed by atoms with E-state index >= 15 is 0 Å². The van der Waals surface area contributed by atoms with Crippen LogP contribution >= 0.6 is 12.2 Å². The molecule has 3 aromatic rings. The molecule has 2 aromatic heterocycles. The van der Waals surface area contributed by atoms with Crippen molar-refractivity contribution in [3.8, 4) is 11.3 Å². The fourth-order valence-corrected chi connectivity index (χ4v) is 4.35. The minimum Gasteiger partial charge on any atom is -0.459 e. The predicted molar refractivity (Wildman–Crippen MR) is 129 cm³/mol. The van der Waals surface area contributed by atoms with Crippen LogP contribution in [0.15, 0.2) is 52.9 Å². The Labute approximate surface area is 201 Å². The van der Waals surface area contributed by atoms with Crippen molar-refractivity contribution < 1.29 is 17.6 Å². The van der Waals surface area contributed by atoms with E-state index < -0.39 is 11.9 Å². The van der Waals surface area contributed by atoms with Crippen molar-refractivity contribution in [1.29, 1.82) is 0 Å². The number of alkyl halides is 3. The van der Waals surface area contributed by atoms with E-state index in [9.17, 15) is 13.2 Å². The number of rotatable bonds is 5. The molecule has 1 aromatic carbocycles. The van der Waals surface area contributed by atoms with Gasteiger partial charge in [0.05, 0.1) is 6.54 Å². The fourth-order valence-electron chi connectivity index (χ4n) is 4.19. The second-order valence-electron chi connectivity index (χ2n) is 8.72. The molecule has 10 heteroatoms. The van der Waals surface area contributed by atoms with E-state index in [1.807, 2.05) is 47.4 Å². The van der Waals surface area contributed by atoms with Gasteiger partial charge in [-0.15, -0.1) is 0 Å². The molecule has 180 valence electrons. The van der Waals surface area contributed by atoms with E-state index in [2.05, 4.69) is 34.4 Å². The number of hydrogen-bond donors (Lipinski definition) is 2. The molecule has 2 N–H and O–H groups in total. The monoisotopic (exact) mass is 489 g/mol. The van der Waals surface area contributed by atoms with E-state index in [1.54, 1.807) is 0 Å². The zero-order valence-electron chi connectivity index (χ0n) is 18.9. The average molecular weight is 490 g/mol. The number of hydrogen-bond acceptors (Lipinski definition) is 5. The van der Waals surface area contributed by atoms with Gasteiger partial charge >= 0.3 is 6.18 Å². The lowest BCUT2D eigenvalue weighted by molar-refractivity contribution is -0.141. The standard InChI is InChI=1S/C24H26F3N5OS/c1-15-10-16(2)14-32(13-15)21-11-20(24(25,26)27)29-22(30-21)31-23(34)28-12-18-8-9-19(33-18)17-6-4-3-5-7-17/h3-9,11,15-16H,10,12-14H2,1-2H3,(H2,28,29,30,31,34)/t15-,16-/m1/s1. The Kier molecular flexibility index (Phi) is 7.06. The summed E-state index contributed by atoms with van der Waals surface area (Å²) in [5, 5.41) is 5.73. The number of thiocarbonyl (C=S) groups is 1. The largest absolute Gasteiger partial charge is 0.459 e. The summed E-state index contributed by atoms with van der Waals surface area (Å²) in [6.07, 6.45) is -3.57. The molecule has 1 fully saturated rings. The van der Waals surface area contributed by atoms with Crippen molar-refractivity contribution in [3.05, 3.63) is 60.0 Å². The van der Waals surface area contributed by atoms with Crippen LogP contribution < -0.4 is 15.5 Å². The Morgan fingerprint density at radius 3 is 2.47 bits per heavy atom. The number of nitrogens with one attached hydrogen (secondary N) is 2. The topological polar surface area (TPSA) is 66.2 Å². The van der Waals surface area contributed by atoms with E-state index in [0.717, 1.165) is 18.1 Å². The summed E-state index contributed by atoms with van der Waals surface area (Å²) in [5.41, 5.74) is -0.0621. The Morgan fingerprint density at radius 2 is 1.79 bits per heavy atom. The van der Waals surface area contributed by atoms with Crippen LogP contribution in [0, 0.1) is 11.8 Å². The fraction of sp³-hybridized carbons (Fsp3) is 0.375. The summed E-state index contributed by atoms with van der Waals surface area (Å²) in [4.78, 5) is 9.86. The highest BCUT2D eigenvalue weighted by Crippen LogP contribution is 2.32. The number of aromatic nitrogens is 2. The van der Waals surface area contributed by atoms with Crippen LogP contribution in [0.2, 0.25) is 0 Å². The third-order valence-electron chi connectivity index (χ3n) is 5.56. The summed E-state index contributed by atoms with van der Waals surface area (Å²) in [7, 11) is 0. The molecule has 1 saturated heterocycles. The van der Waals surface area contributed by atoms with Gasteiger partial charge in [0.25, 0.3) is 0 Å². The summed E-state index contributed by atoms with van der Waals surface area (Å²) < 4.78 is 46.4. The van der Waals surface area contributed by atoms with Gasteiger partial charge in [-0.2, -0.15) is 18.2 Å². The minimum absolute atomic E-state index is 0.100. The van der Waals surface area contributed by atoms with E-state index in [-0.39, 0.29) is 23.4 Å². The number of furan rings is 1. The van der Waals surface area contributed by atoms with Gasteiger partial charge in [0, 0.05) is 24.7 Å². The van der Waals surface area contributed by atoms with Gasteiger partial charge in [0.2, 0.25) is 5.95 Å². The molecular formula is C24H26F3N5OS. The first-order valence-corrected chi connectivity index (χ1v) is 11.5. The Balaban J connectivity index is 1.45. The molecule has 0 radical (unpaired) electrons. The number of halogens is 3. The van der Waals surface area contributed by atoms with Crippen LogP contribution in [0.4, 0.5) is 24.9 Å². The van der Waals surface area contributed by atoms with E-state index in [4.69, 9.17) is 16.6 Å². The second kappa shape index (κ2) is 10.0. The molecule has 2 atom stereocenters. The Bertz CT molecular complexity index is 1130. The summed E-state index contributed by atoms with van der Waals surface area (Å²) in [5.74, 6) is 2.11. The molecule has 0 spiro atoms. The van der Waals surface area contributed by atoms with Gasteiger partial charge in [-0.3, -0.25) is 0 Å². The highest BCUT2D eigenvalue weighted by molar-refractivity contribution is 7.80. The van der Waals surface area contributed by atoms with Gasteiger partial charge in [0.15, 0.2) is 10.8 Å². The lowest BCUT2D eigenvalue weighted by Gasteiger charge is -2.36. The summed E-state index contributed by atoms with van der Waals surface area (Å²) >= 11 is 5.27. The molecule has 4 rings (SSSR count). The Morgan fingerprint density at radius 1 is 1.09 bits per heavy atom. The Hall–Kier alpha value is -3.14. The van der Waals surface area contributed by atoms with Gasteiger partial charge in [0.1, 0.15) is 17.3 Å². The van der Waals surface area contributed by atoms with Gasteiger partial charge < -0.3 is 20.0 Å². The molecule has 0 unspecified atom stereocenters. The smallest absolute Gasteiger partial charge is 0.433 e. The molecule has 34 heavy (non-hydrogen) atoms. The first-order chi connectivity index (χ1) is 16.2. The van der Waals surface area contributed by atoms with Crippen LogP contribution in [0.5, 0.6) is 0 Å². The molecular weight excluding hydrogens is 463 g/mol. The lowest BCUT2D eigenvalue weighted by atomic mass is 9.92. The van der Waals surface area contributed by atoms with Crippen molar-refractivity contribution >= 4 is 29.1 Å². The van der Waals surface area contributed by atoms with E-state index in [1.165, 1.54) is 0 Å². The maximum Gasteiger partial charge on any atom is 0.433 e. The zero-order valence-corrected chi connectivity index (χ0v) is 19.7. The number of nitrogens with zero attached hydrogens (tertiary/aromatic N) is 3. The zero-order chi connectivity index (χ0) is 24.3. The third kappa shape index (κ3) is 6.05. The molecule has 0 aliphatic carbocycles. The van der Waals surface area contributed by atoms with Crippen LogP contribution in [0.25, 0.3) is 11.3 Å².